The molecule has 12 aliphatic rings. The van der Waals surface area contributed by atoms with Crippen LogP contribution >= 0.6 is 0 Å². The first-order valence-electron chi connectivity index (χ1n) is 49.0. The van der Waals surface area contributed by atoms with Gasteiger partial charge in [0.2, 0.25) is 0 Å². The molecule has 11 aliphatic heterocycles. The summed E-state index contributed by atoms with van der Waals surface area (Å²) in [5.74, 6) is 1.03. The summed E-state index contributed by atoms with van der Waals surface area (Å²) in [5, 5.41) is 3.72. The van der Waals surface area contributed by atoms with Crippen molar-refractivity contribution in [1.29, 1.82) is 0 Å². The first kappa shape index (κ1) is 98.2. The van der Waals surface area contributed by atoms with Gasteiger partial charge in [-0.25, -0.2) is 0 Å². The van der Waals surface area contributed by atoms with Gasteiger partial charge in [0.15, 0.2) is 0 Å². The predicted octanol–water partition coefficient (Wildman–Crippen LogP) is 15.6. The summed E-state index contributed by atoms with van der Waals surface area (Å²) in [5.41, 5.74) is 2.88. The Morgan fingerprint density at radius 3 is 1.02 bits per heavy atom. The van der Waals surface area contributed by atoms with Crippen LogP contribution in [0.1, 0.15) is 262 Å². The van der Waals surface area contributed by atoms with Gasteiger partial charge >= 0.3 is 0 Å². The molecular weight excluding hydrogens is 1410 g/mol. The second-order valence-electron chi connectivity index (χ2n) is 40.5. The second kappa shape index (κ2) is 53.1. The highest BCUT2D eigenvalue weighted by Crippen LogP contribution is 2.30. The lowest BCUT2D eigenvalue weighted by atomic mass is 9.97. The Morgan fingerprint density at radius 1 is 0.304 bits per heavy atom. The molecule has 1 saturated carbocycles. The highest BCUT2D eigenvalue weighted by Gasteiger charge is 2.35. The number of hydrogen-bond acceptors (Lipinski definition) is 16. The fourth-order valence-corrected chi connectivity index (χ4v) is 20.8. The van der Waals surface area contributed by atoms with Gasteiger partial charge in [-0.3, -0.25) is 19.6 Å². The van der Waals surface area contributed by atoms with Gasteiger partial charge in [0.1, 0.15) is 0 Å². The van der Waals surface area contributed by atoms with Crippen LogP contribution in [0.3, 0.4) is 0 Å². The molecule has 2 aromatic rings. The molecule has 1 aliphatic carbocycles. The Bertz CT molecular complexity index is 2700. The number of rotatable bonds is 23. The molecule has 0 radical (unpaired) electrons. The molecule has 16 heteroatoms. The zero-order valence-electron chi connectivity index (χ0n) is 79.2. The summed E-state index contributed by atoms with van der Waals surface area (Å²) in [6.45, 7) is 64.5. The van der Waals surface area contributed by atoms with Crippen molar-refractivity contribution in [2.75, 3.05) is 199 Å². The minimum absolute atomic E-state index is 0.699. The molecular formula is C99H188N16. The first-order valence-corrected chi connectivity index (χ1v) is 49.0. The highest BCUT2D eigenvalue weighted by molar-refractivity contribution is 5.16. The zero-order chi connectivity index (χ0) is 82.8. The molecule has 12 fully saturated rings. The van der Waals surface area contributed by atoms with Crippen molar-refractivity contribution in [2.24, 2.45) is 5.92 Å². The Labute approximate surface area is 712 Å². The number of piperidine rings is 7. The number of likely N-dealkylation sites (N-methyl/N-ethyl adjacent to an activating group) is 3. The SMILES string of the molecule is CC(C)N1CCC(N(C)C2CCN(C)C2)CC1.CC(C)N1CCC(N(C)C2CCN(C)CC2)CC1.CC(C)N1CCC(N(C)CCc2ccccc2)CC1.CC(C)N1CCC(N(C)Cc2ccccc2)CC1.CC(C)N1CCC(N2CCCC2)C1.CC(C)N1CCC(N2CCCCCC2)CC1.CC(C)N1CCC(NCC2CC2)CC1. The number of hydrogen-bond donors (Lipinski definition) is 1. The third-order valence-corrected chi connectivity index (χ3v) is 30.0. The van der Waals surface area contributed by atoms with E-state index in [-0.39, 0.29) is 0 Å². The molecule has 1 N–H and O–H groups in total. The van der Waals surface area contributed by atoms with Gasteiger partial charge in [-0.2, -0.15) is 0 Å². The average molecular weight is 1600 g/mol. The molecule has 0 bridgehead atoms. The normalized spacial score (nSPS) is 25.0. The van der Waals surface area contributed by atoms with Gasteiger partial charge in [0, 0.05) is 129 Å². The van der Waals surface area contributed by atoms with E-state index in [4.69, 9.17) is 0 Å². The van der Waals surface area contributed by atoms with E-state index >= 15 is 0 Å². The van der Waals surface area contributed by atoms with E-state index in [2.05, 4.69) is 279 Å². The quantitative estimate of drug-likeness (QED) is 0.115. The van der Waals surface area contributed by atoms with E-state index in [1.165, 1.54) is 329 Å². The summed E-state index contributed by atoms with van der Waals surface area (Å²) in [7, 11) is 13.8. The standard InChI is InChI=1S/C17H28N2.C16H26N2.C15H31N3.C14H29N3.C14H28N2.C12H24N2.C11H22N2/c1-15(2)19-13-10-17(11-14-19)18(3)12-9-16-7-5-4-6-8-16;1-14(2)18-11-9-16(10-12-18)17(3)13-15-7-5-4-6-8-15;1-13(2)18-11-7-15(8-12-18)17(4)14-5-9-16(3)10-6-14;1-12(2)17-9-6-13(7-10-17)16(4)14-5-8-15(3)11-14;1-13(2)15-11-7-14(8-12-15)16-9-5-3-4-6-10-16;1-10(2)14-7-5-12(6-8-14)13-9-11-3-4-11;1-10(2)13-8-5-11(9-13)12-6-3-4-7-12/h4-8,15,17H,9-14H2,1-3H3;4-8,14,16H,9-13H2,1-3H3;13-15H,5-12H2,1-4H3;12-14H,5-11H2,1-4H3;13-14H,3-12H2,1-2H3;10-13H,3-9H2,1-2H3;10-11H,3-9H2,1-2H3. The van der Waals surface area contributed by atoms with E-state index in [1.807, 2.05) is 0 Å². The van der Waals surface area contributed by atoms with Gasteiger partial charge in [-0.15, -0.1) is 0 Å². The van der Waals surface area contributed by atoms with Crippen LogP contribution in [0, 0.1) is 5.92 Å². The van der Waals surface area contributed by atoms with E-state index in [0.717, 1.165) is 97.0 Å². The zero-order valence-corrected chi connectivity index (χ0v) is 79.2. The molecule has 115 heavy (non-hydrogen) atoms. The maximum absolute atomic E-state index is 3.72. The third kappa shape index (κ3) is 35.5. The maximum Gasteiger partial charge on any atom is 0.0235 e. The number of nitrogens with zero attached hydrogens (tertiary/aromatic N) is 15. The van der Waals surface area contributed by atoms with E-state index in [1.54, 1.807) is 0 Å². The van der Waals surface area contributed by atoms with Crippen LogP contribution < -0.4 is 5.32 Å². The molecule has 0 spiro atoms. The summed E-state index contributed by atoms with van der Waals surface area (Å²) >= 11 is 0. The van der Waals surface area contributed by atoms with Crippen LogP contribution in [0.15, 0.2) is 60.7 Å². The molecule has 16 nitrogen and oxygen atoms in total. The maximum atomic E-state index is 3.72. The first-order chi connectivity index (χ1) is 55.3. The Hall–Kier alpha value is -2.20. The van der Waals surface area contributed by atoms with Crippen molar-refractivity contribution in [3.8, 4) is 0 Å². The smallest absolute Gasteiger partial charge is 0.0235 e. The topological polar surface area (TPSA) is 60.6 Å². The minimum Gasteiger partial charge on any atom is -0.314 e. The van der Waals surface area contributed by atoms with Crippen molar-refractivity contribution in [3.05, 3.63) is 71.8 Å². The van der Waals surface area contributed by atoms with Gasteiger partial charge in [-0.1, -0.05) is 73.5 Å². The summed E-state index contributed by atoms with van der Waals surface area (Å²) in [4.78, 5) is 39.1. The van der Waals surface area contributed by atoms with Crippen molar-refractivity contribution >= 4 is 0 Å². The number of likely N-dealkylation sites (tertiary alicyclic amines) is 11. The lowest BCUT2D eigenvalue weighted by Gasteiger charge is -2.43. The highest BCUT2D eigenvalue weighted by atomic mass is 15.3. The van der Waals surface area contributed by atoms with Crippen LogP contribution in [0.2, 0.25) is 0 Å². The molecule has 0 amide bonds. The number of nitrogens with one attached hydrogen (secondary N) is 1. The molecule has 2 aromatic carbocycles. The van der Waals surface area contributed by atoms with E-state index in [9.17, 15) is 0 Å². The Balaban J connectivity index is 0.000000168. The van der Waals surface area contributed by atoms with Crippen molar-refractivity contribution in [3.63, 3.8) is 0 Å². The molecule has 11 heterocycles. The fourth-order valence-electron chi connectivity index (χ4n) is 20.8. The Kier molecular flexibility index (Phi) is 45.3. The Morgan fingerprint density at radius 2 is 0.626 bits per heavy atom. The van der Waals surface area contributed by atoms with Crippen LogP contribution in [0.5, 0.6) is 0 Å². The number of benzene rings is 2. The molecule has 14 rings (SSSR count). The summed E-state index contributed by atoms with van der Waals surface area (Å²) in [6, 6.07) is 34.1. The lowest BCUT2D eigenvalue weighted by Crippen LogP contribution is -2.51. The van der Waals surface area contributed by atoms with Crippen LogP contribution in [0.25, 0.3) is 0 Å². The van der Waals surface area contributed by atoms with Crippen molar-refractivity contribution in [1.82, 2.24) is 78.8 Å². The fraction of sp³-hybridized carbons (Fsp3) is 0.879. The molecule has 0 aromatic heterocycles. The van der Waals surface area contributed by atoms with Crippen LogP contribution in [-0.2, 0) is 13.0 Å². The molecule has 11 saturated heterocycles. The lowest BCUT2D eigenvalue weighted by molar-refractivity contribution is 0.0580. The molecule has 2 atom stereocenters. The van der Waals surface area contributed by atoms with Crippen molar-refractivity contribution in [2.45, 2.75) is 361 Å². The van der Waals surface area contributed by atoms with Gasteiger partial charge < -0.3 is 59.2 Å². The second-order valence-corrected chi connectivity index (χ2v) is 40.5. The monoisotopic (exact) mass is 1600 g/mol. The van der Waals surface area contributed by atoms with E-state index in [0.29, 0.717) is 12.1 Å². The van der Waals surface area contributed by atoms with Crippen LogP contribution in [-0.4, -0.2) is 370 Å². The molecule has 2 unspecified atom stereocenters. The van der Waals surface area contributed by atoms with Gasteiger partial charge in [0.25, 0.3) is 0 Å². The van der Waals surface area contributed by atoms with Crippen molar-refractivity contribution < 1.29 is 0 Å². The van der Waals surface area contributed by atoms with Gasteiger partial charge in [0.05, 0.1) is 0 Å². The minimum atomic E-state index is 0.699. The average Bonchev–Trinajstić information content (AvgIpc) is 1.83. The largest absolute Gasteiger partial charge is 0.314 e. The third-order valence-electron chi connectivity index (χ3n) is 30.0. The summed E-state index contributed by atoms with van der Waals surface area (Å²) < 4.78 is 0. The summed E-state index contributed by atoms with van der Waals surface area (Å²) in [6.07, 6.45) is 34.4. The van der Waals surface area contributed by atoms with E-state index < -0.39 is 0 Å². The van der Waals surface area contributed by atoms with Crippen LogP contribution in [0.4, 0.5) is 0 Å². The molecule has 664 valence electrons. The predicted molar refractivity (Wildman–Crippen MR) is 498 cm³/mol. The van der Waals surface area contributed by atoms with Gasteiger partial charge in [-0.05, 0) is 435 Å².